The number of rotatable bonds is 4. The highest BCUT2D eigenvalue weighted by molar-refractivity contribution is 5.81. The molecule has 9 nitrogen and oxygen atoms in total. The Hall–Kier alpha value is -3.90. The number of pyridine rings is 1. The van der Waals surface area contributed by atoms with E-state index in [0.717, 1.165) is 34.9 Å². The summed E-state index contributed by atoms with van der Waals surface area (Å²) in [4.78, 5) is 20.3. The summed E-state index contributed by atoms with van der Waals surface area (Å²) in [5.74, 6) is 6.63. The Kier molecular flexibility index (Phi) is 5.44. The number of imidazole rings is 1. The fourth-order valence-electron chi connectivity index (χ4n) is 4.41. The van der Waals surface area contributed by atoms with Gasteiger partial charge in [-0.3, -0.25) is 9.36 Å². The zero-order chi connectivity index (χ0) is 22.9. The average molecular weight is 444 g/mol. The SMILES string of the molecule is CC#CCn1c(N2CCC[C@@H](N)C2)nc2cnn(Cc3cc4ccccc4c[n+]3[O-])c(=O)c21. The molecule has 0 bridgehead atoms. The summed E-state index contributed by atoms with van der Waals surface area (Å²) in [5, 5.41) is 18.7. The molecule has 1 atom stereocenters. The van der Waals surface area contributed by atoms with E-state index in [-0.39, 0.29) is 18.1 Å². The standard InChI is InChI=1S/C24H25N7O2/c1-2-3-11-29-22-21(27-24(29)28-10-6-9-19(25)15-28)13-26-30(23(22)32)16-20-12-17-7-4-5-8-18(17)14-31(20)33/h4-5,7-8,12-14,19H,6,9-11,15-16,25H2,1H3/t19-/m1/s1. The van der Waals surface area contributed by atoms with Crippen molar-refractivity contribution in [2.45, 2.75) is 38.9 Å². The number of benzene rings is 1. The molecule has 1 aromatic carbocycles. The van der Waals surface area contributed by atoms with Crippen LogP contribution in [0.15, 0.2) is 47.5 Å². The maximum Gasteiger partial charge on any atom is 0.293 e. The van der Waals surface area contributed by atoms with Crippen molar-refractivity contribution in [3.8, 4) is 11.8 Å². The van der Waals surface area contributed by atoms with Gasteiger partial charge in [-0.2, -0.15) is 9.83 Å². The van der Waals surface area contributed by atoms with E-state index in [9.17, 15) is 10.0 Å². The number of nitrogens with zero attached hydrogens (tertiary/aromatic N) is 6. The van der Waals surface area contributed by atoms with Gasteiger partial charge < -0.3 is 15.8 Å². The van der Waals surface area contributed by atoms with Crippen molar-refractivity contribution >= 4 is 27.8 Å². The molecule has 0 unspecified atom stereocenters. The van der Waals surface area contributed by atoms with Crippen molar-refractivity contribution in [1.82, 2.24) is 19.3 Å². The van der Waals surface area contributed by atoms with E-state index in [1.54, 1.807) is 19.2 Å². The van der Waals surface area contributed by atoms with Crippen LogP contribution in [0.2, 0.25) is 0 Å². The van der Waals surface area contributed by atoms with Crippen LogP contribution in [-0.2, 0) is 13.1 Å². The molecule has 4 heterocycles. The highest BCUT2D eigenvalue weighted by Gasteiger charge is 2.24. The molecule has 1 fully saturated rings. The number of piperidine rings is 1. The molecule has 0 aliphatic carbocycles. The maximum absolute atomic E-state index is 13.5. The van der Waals surface area contributed by atoms with Gasteiger partial charge in [-0.05, 0) is 31.2 Å². The van der Waals surface area contributed by atoms with Crippen LogP contribution in [0.3, 0.4) is 0 Å². The smallest absolute Gasteiger partial charge is 0.293 e. The van der Waals surface area contributed by atoms with Crippen molar-refractivity contribution in [1.29, 1.82) is 0 Å². The molecule has 1 aliphatic heterocycles. The molecule has 168 valence electrons. The first-order valence-corrected chi connectivity index (χ1v) is 11.0. The van der Waals surface area contributed by atoms with E-state index in [1.165, 1.54) is 10.9 Å². The molecule has 0 saturated carbocycles. The van der Waals surface area contributed by atoms with Crippen molar-refractivity contribution in [2.75, 3.05) is 18.0 Å². The molecule has 1 aliphatic rings. The number of fused-ring (bicyclic) bond motifs is 2. The number of hydrogen-bond acceptors (Lipinski definition) is 6. The summed E-state index contributed by atoms with van der Waals surface area (Å²) in [6, 6.07) is 9.48. The second kappa shape index (κ2) is 8.56. The van der Waals surface area contributed by atoms with Gasteiger partial charge in [0.05, 0.1) is 12.7 Å². The quantitative estimate of drug-likeness (QED) is 0.290. The van der Waals surface area contributed by atoms with Crippen molar-refractivity contribution in [2.24, 2.45) is 5.73 Å². The van der Waals surface area contributed by atoms with Gasteiger partial charge in [0.15, 0.2) is 6.20 Å². The van der Waals surface area contributed by atoms with E-state index in [2.05, 4.69) is 21.8 Å². The van der Waals surface area contributed by atoms with E-state index in [4.69, 9.17) is 10.7 Å². The van der Waals surface area contributed by atoms with Gasteiger partial charge in [0, 0.05) is 30.6 Å². The largest absolute Gasteiger partial charge is 0.618 e. The van der Waals surface area contributed by atoms with Crippen molar-refractivity contribution < 1.29 is 4.73 Å². The van der Waals surface area contributed by atoms with Gasteiger partial charge in [0.2, 0.25) is 11.6 Å². The van der Waals surface area contributed by atoms with Crippen LogP contribution >= 0.6 is 0 Å². The zero-order valence-electron chi connectivity index (χ0n) is 18.4. The summed E-state index contributed by atoms with van der Waals surface area (Å²) < 4.78 is 3.95. The van der Waals surface area contributed by atoms with Crippen LogP contribution in [0.5, 0.6) is 0 Å². The summed E-state index contributed by atoms with van der Waals surface area (Å²) in [5.41, 5.74) is 7.25. The van der Waals surface area contributed by atoms with Crippen LogP contribution in [-0.4, -0.2) is 38.5 Å². The van der Waals surface area contributed by atoms with Gasteiger partial charge in [-0.25, -0.2) is 9.67 Å². The molecule has 2 N–H and O–H groups in total. The molecule has 33 heavy (non-hydrogen) atoms. The van der Waals surface area contributed by atoms with Crippen molar-refractivity contribution in [3.05, 3.63) is 64.0 Å². The maximum atomic E-state index is 13.5. The lowest BCUT2D eigenvalue weighted by atomic mass is 10.1. The van der Waals surface area contributed by atoms with Crippen LogP contribution in [0.4, 0.5) is 5.95 Å². The monoisotopic (exact) mass is 443 g/mol. The number of anilines is 1. The fraction of sp³-hybridized carbons (Fsp3) is 0.333. The van der Waals surface area contributed by atoms with Crippen molar-refractivity contribution in [3.63, 3.8) is 0 Å². The Morgan fingerprint density at radius 2 is 2.12 bits per heavy atom. The minimum absolute atomic E-state index is 0.0532. The van der Waals surface area contributed by atoms with E-state index >= 15 is 0 Å². The average Bonchev–Trinajstić information content (AvgIpc) is 3.19. The second-order valence-electron chi connectivity index (χ2n) is 8.33. The number of hydrogen-bond donors (Lipinski definition) is 1. The molecule has 0 amide bonds. The molecule has 3 aromatic heterocycles. The van der Waals surface area contributed by atoms with Gasteiger partial charge in [-0.15, -0.1) is 5.92 Å². The molecule has 1 saturated heterocycles. The van der Waals surface area contributed by atoms with Crippen LogP contribution < -0.4 is 20.9 Å². The van der Waals surface area contributed by atoms with Gasteiger partial charge >= 0.3 is 0 Å². The van der Waals surface area contributed by atoms with Crippen LogP contribution in [0.1, 0.15) is 25.5 Å². The van der Waals surface area contributed by atoms with Gasteiger partial charge in [0.1, 0.15) is 17.6 Å². The summed E-state index contributed by atoms with van der Waals surface area (Å²) >= 11 is 0. The number of nitrogens with two attached hydrogens (primary N) is 1. The first kappa shape index (κ1) is 21.0. The Bertz CT molecular complexity index is 1460. The summed E-state index contributed by atoms with van der Waals surface area (Å²) in [6.45, 7) is 3.66. The molecular formula is C24H25N7O2. The minimum atomic E-state index is -0.307. The third-order valence-corrected chi connectivity index (χ3v) is 6.05. The zero-order valence-corrected chi connectivity index (χ0v) is 18.4. The third kappa shape index (κ3) is 3.90. The number of aromatic nitrogens is 5. The topological polar surface area (TPSA) is 109 Å². The highest BCUT2D eigenvalue weighted by Crippen LogP contribution is 2.23. The minimum Gasteiger partial charge on any atom is -0.618 e. The second-order valence-corrected chi connectivity index (χ2v) is 8.33. The van der Waals surface area contributed by atoms with Crippen LogP contribution in [0.25, 0.3) is 21.8 Å². The summed E-state index contributed by atoms with van der Waals surface area (Å²) in [7, 11) is 0. The normalized spacial score (nSPS) is 16.2. The molecule has 9 heteroatoms. The Morgan fingerprint density at radius 3 is 2.91 bits per heavy atom. The Balaban J connectivity index is 1.60. The first-order chi connectivity index (χ1) is 16.0. The predicted octanol–water partition coefficient (Wildman–Crippen LogP) is 1.38. The molecule has 0 radical (unpaired) electrons. The lowest BCUT2D eigenvalue weighted by Crippen LogP contribution is -2.44. The van der Waals surface area contributed by atoms with E-state index < -0.39 is 0 Å². The lowest BCUT2D eigenvalue weighted by Gasteiger charge is -2.31. The fourth-order valence-corrected chi connectivity index (χ4v) is 4.41. The van der Waals surface area contributed by atoms with Crippen LogP contribution in [0, 0.1) is 17.0 Å². The first-order valence-electron chi connectivity index (χ1n) is 11.0. The summed E-state index contributed by atoms with van der Waals surface area (Å²) in [6.07, 6.45) is 5.04. The Labute approximate surface area is 190 Å². The van der Waals surface area contributed by atoms with Gasteiger partial charge in [0.25, 0.3) is 5.56 Å². The molecule has 5 rings (SSSR count). The lowest BCUT2D eigenvalue weighted by molar-refractivity contribution is -0.612. The predicted molar refractivity (Wildman–Crippen MR) is 127 cm³/mol. The Morgan fingerprint density at radius 1 is 1.30 bits per heavy atom. The van der Waals surface area contributed by atoms with E-state index in [1.807, 2.05) is 28.8 Å². The van der Waals surface area contributed by atoms with E-state index in [0.29, 0.717) is 35.8 Å². The third-order valence-electron chi connectivity index (χ3n) is 6.05. The van der Waals surface area contributed by atoms with Gasteiger partial charge in [-0.1, -0.05) is 24.1 Å². The molecular weight excluding hydrogens is 418 g/mol. The molecule has 4 aromatic rings. The highest BCUT2D eigenvalue weighted by atomic mass is 16.5. The molecule has 0 spiro atoms.